The maximum atomic E-state index is 13.1. The summed E-state index contributed by atoms with van der Waals surface area (Å²) in [4.78, 5) is 13.2. The summed E-state index contributed by atoms with van der Waals surface area (Å²) in [5, 5.41) is 2.97. The SMILES string of the molecule is CCc1ccc(S(=O)(=O)N2CCC[C@](C)(C(=O)NCc3ccc(OC)cc3)C2)cc1. The molecule has 3 rings (SSSR count). The first-order chi connectivity index (χ1) is 14.3. The second-order valence-corrected chi connectivity index (χ2v) is 9.97. The fourth-order valence-electron chi connectivity index (χ4n) is 3.77. The van der Waals surface area contributed by atoms with Crippen LogP contribution < -0.4 is 10.1 Å². The van der Waals surface area contributed by atoms with Gasteiger partial charge in [-0.25, -0.2) is 8.42 Å². The summed E-state index contributed by atoms with van der Waals surface area (Å²) in [5.74, 6) is 0.636. The molecule has 1 N–H and O–H groups in total. The molecule has 0 bridgehead atoms. The van der Waals surface area contributed by atoms with Crippen molar-refractivity contribution in [1.82, 2.24) is 9.62 Å². The van der Waals surface area contributed by atoms with Gasteiger partial charge in [-0.15, -0.1) is 0 Å². The number of carbonyl (C=O) groups excluding carboxylic acids is 1. The maximum Gasteiger partial charge on any atom is 0.243 e. The average Bonchev–Trinajstić information content (AvgIpc) is 2.77. The number of methoxy groups -OCH3 is 1. The van der Waals surface area contributed by atoms with Crippen LogP contribution in [0.1, 0.15) is 37.8 Å². The van der Waals surface area contributed by atoms with E-state index in [1.807, 2.05) is 50.2 Å². The topological polar surface area (TPSA) is 75.7 Å². The predicted octanol–water partition coefficient (Wildman–Crippen LogP) is 3.36. The van der Waals surface area contributed by atoms with E-state index < -0.39 is 15.4 Å². The first kappa shape index (κ1) is 22.3. The zero-order valence-corrected chi connectivity index (χ0v) is 18.7. The van der Waals surface area contributed by atoms with Gasteiger partial charge in [-0.1, -0.05) is 31.2 Å². The monoisotopic (exact) mass is 430 g/mol. The van der Waals surface area contributed by atoms with Crippen molar-refractivity contribution in [2.24, 2.45) is 5.41 Å². The van der Waals surface area contributed by atoms with E-state index in [-0.39, 0.29) is 17.3 Å². The molecule has 0 unspecified atom stereocenters. The molecule has 0 saturated carbocycles. The van der Waals surface area contributed by atoms with Gasteiger partial charge < -0.3 is 10.1 Å². The Hall–Kier alpha value is -2.38. The van der Waals surface area contributed by atoms with E-state index >= 15 is 0 Å². The summed E-state index contributed by atoms with van der Waals surface area (Å²) >= 11 is 0. The van der Waals surface area contributed by atoms with Gasteiger partial charge in [-0.05, 0) is 61.6 Å². The molecule has 6 nitrogen and oxygen atoms in total. The van der Waals surface area contributed by atoms with Gasteiger partial charge in [0.1, 0.15) is 5.75 Å². The fourth-order valence-corrected chi connectivity index (χ4v) is 5.37. The van der Waals surface area contributed by atoms with Crippen molar-refractivity contribution in [3.63, 3.8) is 0 Å². The van der Waals surface area contributed by atoms with Gasteiger partial charge >= 0.3 is 0 Å². The molecule has 1 atom stereocenters. The second kappa shape index (κ2) is 9.18. The zero-order chi connectivity index (χ0) is 21.8. The summed E-state index contributed by atoms with van der Waals surface area (Å²) in [6.07, 6.45) is 2.16. The lowest BCUT2D eigenvalue weighted by Gasteiger charge is -2.38. The molecule has 1 heterocycles. The molecule has 30 heavy (non-hydrogen) atoms. The molecule has 0 aromatic heterocycles. The van der Waals surface area contributed by atoms with Gasteiger partial charge in [-0.2, -0.15) is 4.31 Å². The van der Waals surface area contributed by atoms with Crippen LogP contribution in [0.25, 0.3) is 0 Å². The Morgan fingerprint density at radius 1 is 1.10 bits per heavy atom. The van der Waals surface area contributed by atoms with Crippen LogP contribution in [0.5, 0.6) is 5.75 Å². The number of piperidine rings is 1. The highest BCUT2D eigenvalue weighted by Crippen LogP contribution is 2.33. The number of nitrogens with one attached hydrogen (secondary N) is 1. The number of benzene rings is 2. The number of carbonyl (C=O) groups is 1. The third-order valence-electron chi connectivity index (χ3n) is 5.79. The summed E-state index contributed by atoms with van der Waals surface area (Å²) in [5.41, 5.74) is 1.29. The lowest BCUT2D eigenvalue weighted by molar-refractivity contribution is -0.132. The van der Waals surface area contributed by atoms with Gasteiger partial charge in [0.05, 0.1) is 17.4 Å². The van der Waals surface area contributed by atoms with Crippen molar-refractivity contribution >= 4 is 15.9 Å². The predicted molar refractivity (Wildman–Crippen MR) is 117 cm³/mol. The summed E-state index contributed by atoms with van der Waals surface area (Å²) in [6.45, 7) is 4.88. The van der Waals surface area contributed by atoms with Crippen LogP contribution in [0.15, 0.2) is 53.4 Å². The van der Waals surface area contributed by atoms with Gasteiger partial charge in [0.2, 0.25) is 15.9 Å². The van der Waals surface area contributed by atoms with E-state index in [4.69, 9.17) is 4.74 Å². The van der Waals surface area contributed by atoms with Crippen molar-refractivity contribution in [1.29, 1.82) is 0 Å². The highest BCUT2D eigenvalue weighted by molar-refractivity contribution is 7.89. The van der Waals surface area contributed by atoms with Crippen molar-refractivity contribution in [2.75, 3.05) is 20.2 Å². The van der Waals surface area contributed by atoms with E-state index in [1.165, 1.54) is 4.31 Å². The Bertz CT molecular complexity index is 971. The normalized spacial score (nSPS) is 20.0. The molecule has 7 heteroatoms. The Kier molecular flexibility index (Phi) is 6.83. The van der Waals surface area contributed by atoms with E-state index in [9.17, 15) is 13.2 Å². The molecule has 162 valence electrons. The largest absolute Gasteiger partial charge is 0.497 e. The Morgan fingerprint density at radius 3 is 2.33 bits per heavy atom. The van der Waals surface area contributed by atoms with E-state index in [0.29, 0.717) is 25.9 Å². The van der Waals surface area contributed by atoms with Crippen LogP contribution in [0, 0.1) is 5.41 Å². The summed E-state index contributed by atoms with van der Waals surface area (Å²) in [6, 6.07) is 14.5. The number of amides is 1. The first-order valence-electron chi connectivity index (χ1n) is 10.3. The van der Waals surface area contributed by atoms with Crippen LogP contribution in [0.2, 0.25) is 0 Å². The van der Waals surface area contributed by atoms with Gasteiger partial charge in [0.15, 0.2) is 0 Å². The number of hydrogen-bond donors (Lipinski definition) is 1. The molecule has 2 aromatic rings. The summed E-state index contributed by atoms with van der Waals surface area (Å²) in [7, 11) is -2.02. The van der Waals surface area contributed by atoms with Crippen LogP contribution in [-0.4, -0.2) is 38.8 Å². The van der Waals surface area contributed by atoms with Crippen LogP contribution in [0.3, 0.4) is 0 Å². The lowest BCUT2D eigenvalue weighted by atomic mass is 9.82. The molecule has 1 aliphatic heterocycles. The van der Waals surface area contributed by atoms with Crippen molar-refractivity contribution in [3.05, 3.63) is 59.7 Å². The number of rotatable bonds is 7. The first-order valence-corrected chi connectivity index (χ1v) is 11.7. The quantitative estimate of drug-likeness (QED) is 0.731. The highest BCUT2D eigenvalue weighted by Gasteiger charge is 2.41. The van der Waals surface area contributed by atoms with Gasteiger partial charge in [0.25, 0.3) is 0 Å². The van der Waals surface area contributed by atoms with Crippen LogP contribution in [0.4, 0.5) is 0 Å². The molecule has 0 spiro atoms. The minimum Gasteiger partial charge on any atom is -0.497 e. The zero-order valence-electron chi connectivity index (χ0n) is 17.8. The third-order valence-corrected chi connectivity index (χ3v) is 7.65. The standard InChI is InChI=1S/C23H30N2O4S/c1-4-18-8-12-21(13-9-18)30(27,28)25-15-5-14-23(2,17-25)22(26)24-16-19-6-10-20(29-3)11-7-19/h6-13H,4-5,14-17H2,1-3H3,(H,24,26)/t23-/m0/s1. The number of nitrogens with zero attached hydrogens (tertiary/aromatic N) is 1. The summed E-state index contributed by atoms with van der Waals surface area (Å²) < 4.78 is 32.8. The Balaban J connectivity index is 1.68. The Morgan fingerprint density at radius 2 is 1.73 bits per heavy atom. The van der Waals surface area contributed by atoms with E-state index in [0.717, 1.165) is 23.3 Å². The van der Waals surface area contributed by atoms with Crippen molar-refractivity contribution < 1.29 is 17.9 Å². The minimum absolute atomic E-state index is 0.125. The van der Waals surface area contributed by atoms with E-state index in [1.54, 1.807) is 19.2 Å². The Labute approximate surface area is 179 Å². The molecule has 1 fully saturated rings. The number of hydrogen-bond acceptors (Lipinski definition) is 4. The molecular formula is C23H30N2O4S. The van der Waals surface area contributed by atoms with Crippen LogP contribution in [-0.2, 0) is 27.8 Å². The molecule has 2 aromatic carbocycles. The fraction of sp³-hybridized carbons (Fsp3) is 0.435. The van der Waals surface area contributed by atoms with Crippen molar-refractivity contribution in [3.8, 4) is 5.75 Å². The minimum atomic E-state index is -3.63. The second-order valence-electron chi connectivity index (χ2n) is 8.03. The maximum absolute atomic E-state index is 13.1. The third kappa shape index (κ3) is 4.84. The highest BCUT2D eigenvalue weighted by atomic mass is 32.2. The average molecular weight is 431 g/mol. The molecular weight excluding hydrogens is 400 g/mol. The molecule has 1 amide bonds. The van der Waals surface area contributed by atoms with Crippen molar-refractivity contribution in [2.45, 2.75) is 44.6 Å². The number of ether oxygens (including phenoxy) is 1. The smallest absolute Gasteiger partial charge is 0.243 e. The molecule has 0 radical (unpaired) electrons. The molecule has 0 aliphatic carbocycles. The van der Waals surface area contributed by atoms with Gasteiger partial charge in [-0.3, -0.25) is 4.79 Å². The number of aryl methyl sites for hydroxylation is 1. The lowest BCUT2D eigenvalue weighted by Crippen LogP contribution is -2.51. The number of sulfonamides is 1. The molecule has 1 aliphatic rings. The molecule has 1 saturated heterocycles. The van der Waals surface area contributed by atoms with Crippen LogP contribution >= 0.6 is 0 Å². The van der Waals surface area contributed by atoms with E-state index in [2.05, 4.69) is 5.32 Å². The van der Waals surface area contributed by atoms with Gasteiger partial charge in [0, 0.05) is 19.6 Å².